The second-order valence-corrected chi connectivity index (χ2v) is 5.88. The van der Waals surface area contributed by atoms with Crippen LogP contribution in [-0.4, -0.2) is 18.8 Å². The SMILES string of the molecule is CNC(c1cc(Br)cs1)C(CO)C(C)C. The van der Waals surface area contributed by atoms with Gasteiger partial charge >= 0.3 is 0 Å². The van der Waals surface area contributed by atoms with E-state index < -0.39 is 0 Å². The molecule has 0 fully saturated rings. The largest absolute Gasteiger partial charge is 0.396 e. The lowest BCUT2D eigenvalue weighted by molar-refractivity contribution is 0.155. The highest BCUT2D eigenvalue weighted by atomic mass is 79.9. The zero-order valence-electron chi connectivity index (χ0n) is 9.33. The molecule has 1 heterocycles. The molecule has 15 heavy (non-hydrogen) atoms. The molecular weight excluding hydrogens is 274 g/mol. The lowest BCUT2D eigenvalue weighted by Crippen LogP contribution is -2.30. The monoisotopic (exact) mass is 291 g/mol. The quantitative estimate of drug-likeness (QED) is 0.874. The first-order valence-corrected chi connectivity index (χ1v) is 6.79. The Labute approximate surface area is 104 Å². The van der Waals surface area contributed by atoms with Gasteiger partial charge in [-0.3, -0.25) is 0 Å². The molecule has 1 rings (SSSR count). The van der Waals surface area contributed by atoms with E-state index in [0.717, 1.165) is 4.47 Å². The molecule has 2 atom stereocenters. The van der Waals surface area contributed by atoms with Gasteiger partial charge in [-0.05, 0) is 35.0 Å². The number of rotatable bonds is 5. The molecule has 0 radical (unpaired) electrons. The van der Waals surface area contributed by atoms with E-state index in [2.05, 4.69) is 46.5 Å². The van der Waals surface area contributed by atoms with E-state index in [1.54, 1.807) is 11.3 Å². The van der Waals surface area contributed by atoms with Crippen LogP contribution in [0.15, 0.2) is 15.9 Å². The van der Waals surface area contributed by atoms with Gasteiger partial charge in [0.1, 0.15) is 0 Å². The summed E-state index contributed by atoms with van der Waals surface area (Å²) >= 11 is 5.18. The number of hydrogen-bond acceptors (Lipinski definition) is 3. The van der Waals surface area contributed by atoms with Gasteiger partial charge in [0, 0.05) is 33.3 Å². The molecule has 2 unspecified atom stereocenters. The average Bonchev–Trinajstić information content (AvgIpc) is 2.60. The fourth-order valence-electron chi connectivity index (χ4n) is 1.76. The summed E-state index contributed by atoms with van der Waals surface area (Å²) in [6, 6.07) is 2.36. The maximum atomic E-state index is 9.42. The molecule has 0 amide bonds. The summed E-state index contributed by atoms with van der Waals surface area (Å²) < 4.78 is 1.11. The maximum Gasteiger partial charge on any atom is 0.0480 e. The van der Waals surface area contributed by atoms with Crippen LogP contribution in [0.5, 0.6) is 0 Å². The minimum Gasteiger partial charge on any atom is -0.396 e. The summed E-state index contributed by atoms with van der Waals surface area (Å²) in [6.45, 7) is 4.51. The molecule has 0 aliphatic heterocycles. The van der Waals surface area contributed by atoms with E-state index in [4.69, 9.17) is 0 Å². The predicted octanol–water partition coefficient (Wildman–Crippen LogP) is 3.04. The van der Waals surface area contributed by atoms with Gasteiger partial charge in [0.05, 0.1) is 0 Å². The topological polar surface area (TPSA) is 32.3 Å². The highest BCUT2D eigenvalue weighted by molar-refractivity contribution is 9.10. The number of halogens is 1. The van der Waals surface area contributed by atoms with Crippen LogP contribution < -0.4 is 5.32 Å². The average molecular weight is 292 g/mol. The summed E-state index contributed by atoms with van der Waals surface area (Å²) in [4.78, 5) is 1.28. The standard InChI is InChI=1S/C11H18BrNOS/c1-7(2)9(5-14)11(13-3)10-4-8(12)6-15-10/h4,6-7,9,11,13-14H,5H2,1-3H3. The molecule has 0 spiro atoms. The van der Waals surface area contributed by atoms with Crippen molar-refractivity contribution in [3.8, 4) is 0 Å². The Morgan fingerprint density at radius 2 is 2.20 bits per heavy atom. The van der Waals surface area contributed by atoms with Crippen molar-refractivity contribution in [1.82, 2.24) is 5.32 Å². The lowest BCUT2D eigenvalue weighted by atomic mass is 9.88. The van der Waals surface area contributed by atoms with Crippen molar-refractivity contribution in [2.24, 2.45) is 11.8 Å². The predicted molar refractivity (Wildman–Crippen MR) is 69.2 cm³/mol. The number of thiophene rings is 1. The number of aliphatic hydroxyl groups excluding tert-OH is 1. The molecule has 0 aliphatic rings. The van der Waals surface area contributed by atoms with Gasteiger partial charge in [0.2, 0.25) is 0 Å². The van der Waals surface area contributed by atoms with Crippen LogP contribution in [0.25, 0.3) is 0 Å². The minimum absolute atomic E-state index is 0.221. The summed E-state index contributed by atoms with van der Waals surface area (Å²) in [5.41, 5.74) is 0. The van der Waals surface area contributed by atoms with Crippen LogP contribution in [-0.2, 0) is 0 Å². The van der Waals surface area contributed by atoms with Crippen molar-refractivity contribution in [2.75, 3.05) is 13.7 Å². The van der Waals surface area contributed by atoms with E-state index in [1.807, 2.05) is 7.05 Å². The molecule has 1 aromatic heterocycles. The van der Waals surface area contributed by atoms with Crippen LogP contribution in [0.2, 0.25) is 0 Å². The molecule has 4 heteroatoms. The fourth-order valence-corrected chi connectivity index (χ4v) is 3.39. The van der Waals surface area contributed by atoms with Crippen molar-refractivity contribution in [3.05, 3.63) is 20.8 Å². The third-order valence-electron chi connectivity index (χ3n) is 2.70. The number of nitrogens with one attached hydrogen (secondary N) is 1. The zero-order valence-corrected chi connectivity index (χ0v) is 11.7. The molecule has 0 bridgehead atoms. The van der Waals surface area contributed by atoms with E-state index >= 15 is 0 Å². The first-order chi connectivity index (χ1) is 7.10. The van der Waals surface area contributed by atoms with Gasteiger partial charge in [-0.25, -0.2) is 0 Å². The highest BCUT2D eigenvalue weighted by Gasteiger charge is 2.25. The molecule has 0 saturated heterocycles. The first kappa shape index (κ1) is 13.2. The molecule has 2 nitrogen and oxygen atoms in total. The molecular formula is C11H18BrNOS. The molecule has 86 valence electrons. The van der Waals surface area contributed by atoms with Crippen molar-refractivity contribution < 1.29 is 5.11 Å². The van der Waals surface area contributed by atoms with Gasteiger partial charge < -0.3 is 10.4 Å². The fraction of sp³-hybridized carbons (Fsp3) is 0.636. The van der Waals surface area contributed by atoms with Crippen LogP contribution in [0.1, 0.15) is 24.8 Å². The molecule has 0 aliphatic carbocycles. The third kappa shape index (κ3) is 3.28. The Morgan fingerprint density at radius 1 is 1.53 bits per heavy atom. The smallest absolute Gasteiger partial charge is 0.0480 e. The van der Waals surface area contributed by atoms with Gasteiger partial charge in [-0.15, -0.1) is 11.3 Å². The molecule has 0 aromatic carbocycles. The van der Waals surface area contributed by atoms with E-state index in [9.17, 15) is 5.11 Å². The summed E-state index contributed by atoms with van der Waals surface area (Å²) in [7, 11) is 1.95. The van der Waals surface area contributed by atoms with E-state index in [0.29, 0.717) is 5.92 Å². The molecule has 1 aromatic rings. The molecule has 0 saturated carbocycles. The van der Waals surface area contributed by atoms with Gasteiger partial charge in [0.15, 0.2) is 0 Å². The van der Waals surface area contributed by atoms with Crippen LogP contribution in [0.4, 0.5) is 0 Å². The van der Waals surface area contributed by atoms with Crippen molar-refractivity contribution in [3.63, 3.8) is 0 Å². The lowest BCUT2D eigenvalue weighted by Gasteiger charge is -2.27. The van der Waals surface area contributed by atoms with Crippen molar-refractivity contribution >= 4 is 27.3 Å². The van der Waals surface area contributed by atoms with Crippen molar-refractivity contribution in [2.45, 2.75) is 19.9 Å². The van der Waals surface area contributed by atoms with Crippen molar-refractivity contribution in [1.29, 1.82) is 0 Å². The summed E-state index contributed by atoms with van der Waals surface area (Å²) in [6.07, 6.45) is 0. The van der Waals surface area contributed by atoms with E-state index in [1.165, 1.54) is 4.88 Å². The Morgan fingerprint density at radius 3 is 2.53 bits per heavy atom. The maximum absolute atomic E-state index is 9.42. The highest BCUT2D eigenvalue weighted by Crippen LogP contribution is 2.33. The second-order valence-electron chi connectivity index (χ2n) is 4.02. The Hall–Kier alpha value is 0.1000. The number of hydrogen-bond donors (Lipinski definition) is 2. The summed E-state index contributed by atoms with van der Waals surface area (Å²) in [5, 5.41) is 14.8. The van der Waals surface area contributed by atoms with Crippen LogP contribution in [0, 0.1) is 11.8 Å². The van der Waals surface area contributed by atoms with Gasteiger partial charge in [0.25, 0.3) is 0 Å². The van der Waals surface area contributed by atoms with E-state index in [-0.39, 0.29) is 18.6 Å². The minimum atomic E-state index is 0.221. The first-order valence-electron chi connectivity index (χ1n) is 5.12. The van der Waals surface area contributed by atoms with Crippen LogP contribution in [0.3, 0.4) is 0 Å². The normalized spacial score (nSPS) is 15.6. The Kier molecular flexibility index (Phi) is 5.26. The van der Waals surface area contributed by atoms with Gasteiger partial charge in [-0.2, -0.15) is 0 Å². The second kappa shape index (κ2) is 5.99. The van der Waals surface area contributed by atoms with Gasteiger partial charge in [-0.1, -0.05) is 13.8 Å². The zero-order chi connectivity index (χ0) is 11.4. The van der Waals surface area contributed by atoms with Crippen LogP contribution >= 0.6 is 27.3 Å². The summed E-state index contributed by atoms with van der Waals surface area (Å²) in [5.74, 6) is 0.730. The number of aliphatic hydroxyl groups is 1. The molecule has 2 N–H and O–H groups in total. The Balaban J connectivity index is 2.86. The third-order valence-corrected chi connectivity index (χ3v) is 4.48. The Bertz CT molecular complexity index is 301.